The van der Waals surface area contributed by atoms with E-state index in [1.54, 1.807) is 6.26 Å². The molecule has 2 heterocycles. The van der Waals surface area contributed by atoms with Gasteiger partial charge in [-0.2, -0.15) is 0 Å². The summed E-state index contributed by atoms with van der Waals surface area (Å²) in [4.78, 5) is 2.29. The Morgan fingerprint density at radius 1 is 1.56 bits per heavy atom. The summed E-state index contributed by atoms with van der Waals surface area (Å²) in [7, 11) is 2.11. The van der Waals surface area contributed by atoms with Crippen LogP contribution in [0.25, 0.3) is 0 Å². The van der Waals surface area contributed by atoms with E-state index < -0.39 is 0 Å². The van der Waals surface area contributed by atoms with Crippen molar-refractivity contribution in [2.45, 2.75) is 38.6 Å². The van der Waals surface area contributed by atoms with E-state index in [2.05, 4.69) is 18.9 Å². The molecule has 1 aliphatic rings. The second kappa shape index (κ2) is 4.99. The lowest BCUT2D eigenvalue weighted by Crippen LogP contribution is -2.36. The topological polar surface area (TPSA) is 51.6 Å². The molecule has 1 aliphatic heterocycles. The molecule has 16 heavy (non-hydrogen) atoms. The molecule has 1 aromatic rings. The van der Waals surface area contributed by atoms with E-state index in [0.29, 0.717) is 18.7 Å². The van der Waals surface area contributed by atoms with Crippen molar-refractivity contribution in [2.24, 2.45) is 5.73 Å². The normalized spacial score (nSPS) is 25.5. The van der Waals surface area contributed by atoms with Crippen LogP contribution < -0.4 is 5.73 Å². The van der Waals surface area contributed by atoms with Crippen molar-refractivity contribution in [1.29, 1.82) is 0 Å². The molecule has 1 aromatic heterocycles. The van der Waals surface area contributed by atoms with E-state index in [1.807, 2.05) is 6.07 Å². The monoisotopic (exact) mass is 224 g/mol. The molecule has 0 aliphatic carbocycles. The average molecular weight is 224 g/mol. The molecule has 0 radical (unpaired) electrons. The van der Waals surface area contributed by atoms with E-state index >= 15 is 0 Å². The molecule has 0 saturated carbocycles. The molecule has 90 valence electrons. The van der Waals surface area contributed by atoms with Gasteiger partial charge in [-0.1, -0.05) is 0 Å². The van der Waals surface area contributed by atoms with Gasteiger partial charge in [0, 0.05) is 24.8 Å². The van der Waals surface area contributed by atoms with Crippen LogP contribution in [0.15, 0.2) is 16.7 Å². The number of furan rings is 1. The van der Waals surface area contributed by atoms with Gasteiger partial charge in [0.15, 0.2) is 0 Å². The van der Waals surface area contributed by atoms with Gasteiger partial charge in [-0.3, -0.25) is 4.90 Å². The second-order valence-corrected chi connectivity index (χ2v) is 4.42. The number of rotatable bonds is 4. The highest BCUT2D eigenvalue weighted by Gasteiger charge is 2.28. The van der Waals surface area contributed by atoms with Crippen molar-refractivity contribution in [3.05, 3.63) is 23.7 Å². The predicted molar refractivity (Wildman–Crippen MR) is 61.9 cm³/mol. The third-order valence-electron chi connectivity index (χ3n) is 3.35. The summed E-state index contributed by atoms with van der Waals surface area (Å²) in [6.45, 7) is 4.33. The third-order valence-corrected chi connectivity index (χ3v) is 3.35. The minimum atomic E-state index is 0.307. The lowest BCUT2D eigenvalue weighted by Gasteiger charge is -2.25. The lowest BCUT2D eigenvalue weighted by atomic mass is 10.1. The molecular formula is C12H20N2O2. The Morgan fingerprint density at radius 3 is 3.00 bits per heavy atom. The van der Waals surface area contributed by atoms with E-state index in [1.165, 1.54) is 0 Å². The lowest BCUT2D eigenvalue weighted by molar-refractivity contribution is 0.0790. The standard InChI is InChI=1S/C12H20N2O2/c1-9-11(4-6-15-9)14(2)8-12-10(7-13)3-5-16-12/h3,5,9,11H,4,6-8,13H2,1-2H3. The van der Waals surface area contributed by atoms with E-state index in [-0.39, 0.29) is 0 Å². The summed E-state index contributed by atoms with van der Waals surface area (Å²) in [6.07, 6.45) is 3.11. The van der Waals surface area contributed by atoms with Crippen LogP contribution in [0.3, 0.4) is 0 Å². The molecule has 1 fully saturated rings. The Bertz CT molecular complexity index is 338. The Hall–Kier alpha value is -0.840. The minimum Gasteiger partial charge on any atom is -0.468 e. The quantitative estimate of drug-likeness (QED) is 0.838. The van der Waals surface area contributed by atoms with E-state index in [9.17, 15) is 0 Å². The molecule has 2 unspecified atom stereocenters. The largest absolute Gasteiger partial charge is 0.468 e. The van der Waals surface area contributed by atoms with Crippen LogP contribution in [-0.4, -0.2) is 30.7 Å². The zero-order valence-electron chi connectivity index (χ0n) is 9.98. The molecule has 2 N–H and O–H groups in total. The maximum absolute atomic E-state index is 5.65. The highest BCUT2D eigenvalue weighted by atomic mass is 16.5. The highest BCUT2D eigenvalue weighted by molar-refractivity contribution is 5.16. The van der Waals surface area contributed by atoms with Gasteiger partial charge < -0.3 is 14.9 Å². The van der Waals surface area contributed by atoms with Gasteiger partial charge in [0.1, 0.15) is 5.76 Å². The minimum absolute atomic E-state index is 0.307. The molecular weight excluding hydrogens is 204 g/mol. The van der Waals surface area contributed by atoms with Gasteiger partial charge in [-0.15, -0.1) is 0 Å². The first-order valence-corrected chi connectivity index (χ1v) is 5.79. The van der Waals surface area contributed by atoms with Gasteiger partial charge in [0.2, 0.25) is 0 Å². The second-order valence-electron chi connectivity index (χ2n) is 4.42. The number of hydrogen-bond acceptors (Lipinski definition) is 4. The number of likely N-dealkylation sites (N-methyl/N-ethyl adjacent to an activating group) is 1. The Morgan fingerprint density at radius 2 is 2.38 bits per heavy atom. The first-order chi connectivity index (χ1) is 7.72. The van der Waals surface area contributed by atoms with Crippen LogP contribution in [0.2, 0.25) is 0 Å². The third kappa shape index (κ3) is 2.29. The molecule has 0 amide bonds. The van der Waals surface area contributed by atoms with E-state index in [4.69, 9.17) is 14.9 Å². The SMILES string of the molecule is CC1OCCC1N(C)Cc1occc1CN. The molecule has 0 bridgehead atoms. The van der Waals surface area contributed by atoms with Crippen molar-refractivity contribution in [1.82, 2.24) is 4.90 Å². The summed E-state index contributed by atoms with van der Waals surface area (Å²) < 4.78 is 11.0. The van der Waals surface area contributed by atoms with Gasteiger partial charge in [-0.05, 0) is 26.5 Å². The highest BCUT2D eigenvalue weighted by Crippen LogP contribution is 2.21. The Balaban J connectivity index is 1.98. The zero-order valence-corrected chi connectivity index (χ0v) is 9.98. The number of nitrogens with two attached hydrogens (primary N) is 1. The van der Waals surface area contributed by atoms with E-state index in [0.717, 1.165) is 30.9 Å². The maximum atomic E-state index is 5.65. The van der Waals surface area contributed by atoms with Crippen molar-refractivity contribution in [2.75, 3.05) is 13.7 Å². The smallest absolute Gasteiger partial charge is 0.122 e. The fourth-order valence-corrected chi connectivity index (χ4v) is 2.33. The van der Waals surface area contributed by atoms with Crippen molar-refractivity contribution in [3.8, 4) is 0 Å². The zero-order chi connectivity index (χ0) is 11.5. The Kier molecular flexibility index (Phi) is 3.63. The van der Waals surface area contributed by atoms with Gasteiger partial charge in [0.25, 0.3) is 0 Å². The number of nitrogens with zero attached hydrogens (tertiary/aromatic N) is 1. The fourth-order valence-electron chi connectivity index (χ4n) is 2.33. The first-order valence-electron chi connectivity index (χ1n) is 5.79. The van der Waals surface area contributed by atoms with Gasteiger partial charge in [-0.25, -0.2) is 0 Å². The Labute approximate surface area is 96.4 Å². The molecule has 2 atom stereocenters. The maximum Gasteiger partial charge on any atom is 0.122 e. The molecule has 0 spiro atoms. The van der Waals surface area contributed by atoms with Crippen molar-refractivity contribution >= 4 is 0 Å². The van der Waals surface area contributed by atoms with Gasteiger partial charge >= 0.3 is 0 Å². The van der Waals surface area contributed by atoms with Crippen LogP contribution in [0.5, 0.6) is 0 Å². The molecule has 1 saturated heterocycles. The average Bonchev–Trinajstić information content (AvgIpc) is 2.86. The van der Waals surface area contributed by atoms with Crippen LogP contribution in [0, 0.1) is 0 Å². The molecule has 0 aromatic carbocycles. The summed E-state index contributed by atoms with van der Waals surface area (Å²) in [6, 6.07) is 2.42. The number of ether oxygens (including phenoxy) is 1. The summed E-state index contributed by atoms with van der Waals surface area (Å²) in [5.41, 5.74) is 6.74. The van der Waals surface area contributed by atoms with Gasteiger partial charge in [0.05, 0.1) is 18.9 Å². The van der Waals surface area contributed by atoms with Crippen LogP contribution in [0.1, 0.15) is 24.7 Å². The molecule has 4 nitrogen and oxygen atoms in total. The first kappa shape index (κ1) is 11.6. The van der Waals surface area contributed by atoms with Crippen LogP contribution in [0.4, 0.5) is 0 Å². The van der Waals surface area contributed by atoms with Crippen molar-refractivity contribution in [3.63, 3.8) is 0 Å². The molecule has 4 heteroatoms. The number of hydrogen-bond donors (Lipinski definition) is 1. The van der Waals surface area contributed by atoms with Crippen molar-refractivity contribution < 1.29 is 9.15 Å². The van der Waals surface area contributed by atoms with Crippen LogP contribution in [-0.2, 0) is 17.8 Å². The van der Waals surface area contributed by atoms with Crippen LogP contribution >= 0.6 is 0 Å². The predicted octanol–water partition coefficient (Wildman–Crippen LogP) is 1.35. The fraction of sp³-hybridized carbons (Fsp3) is 0.667. The summed E-state index contributed by atoms with van der Waals surface area (Å²) >= 11 is 0. The summed E-state index contributed by atoms with van der Waals surface area (Å²) in [5.74, 6) is 0.976. The summed E-state index contributed by atoms with van der Waals surface area (Å²) in [5, 5.41) is 0. The molecule has 2 rings (SSSR count).